The SMILES string of the molecule is O=C(c1ccco1)N1CCN(c2ccc(N=Cc3cc(Cl)cc([N+](=O)[O-])c3O)cc2)CC1. The van der Waals surface area contributed by atoms with Crippen LogP contribution >= 0.6 is 11.6 Å². The molecule has 1 N–H and O–H groups in total. The highest BCUT2D eigenvalue weighted by molar-refractivity contribution is 6.31. The number of amides is 1. The largest absolute Gasteiger partial charge is 0.502 e. The van der Waals surface area contributed by atoms with Crippen LogP contribution in [0.2, 0.25) is 5.02 Å². The number of carbonyl (C=O) groups is 1. The molecule has 32 heavy (non-hydrogen) atoms. The highest BCUT2D eigenvalue weighted by Crippen LogP contribution is 2.32. The topological polar surface area (TPSA) is 112 Å². The number of halogens is 1. The van der Waals surface area contributed by atoms with E-state index in [0.717, 1.165) is 11.8 Å². The van der Waals surface area contributed by atoms with Crippen LogP contribution in [-0.2, 0) is 0 Å². The Balaban J connectivity index is 1.40. The molecule has 1 saturated heterocycles. The van der Waals surface area contributed by atoms with Crippen molar-refractivity contribution in [1.82, 2.24) is 4.90 Å². The van der Waals surface area contributed by atoms with Crippen molar-refractivity contribution in [2.45, 2.75) is 0 Å². The second kappa shape index (κ2) is 9.11. The molecule has 0 atom stereocenters. The number of aromatic hydroxyl groups is 1. The molecule has 2 aromatic carbocycles. The summed E-state index contributed by atoms with van der Waals surface area (Å²) in [6.45, 7) is 2.56. The average Bonchev–Trinajstić information content (AvgIpc) is 3.34. The zero-order valence-electron chi connectivity index (χ0n) is 16.8. The van der Waals surface area contributed by atoms with Crippen molar-refractivity contribution in [3.05, 3.63) is 81.3 Å². The van der Waals surface area contributed by atoms with E-state index in [4.69, 9.17) is 16.0 Å². The van der Waals surface area contributed by atoms with Crippen LogP contribution in [0, 0.1) is 10.1 Å². The first-order valence-corrected chi connectivity index (χ1v) is 10.2. The summed E-state index contributed by atoms with van der Waals surface area (Å²) in [5, 5.41) is 21.2. The fraction of sp³-hybridized carbons (Fsp3) is 0.182. The van der Waals surface area contributed by atoms with Gasteiger partial charge in [0.15, 0.2) is 5.76 Å². The van der Waals surface area contributed by atoms with Crippen molar-refractivity contribution < 1.29 is 19.2 Å². The number of anilines is 1. The van der Waals surface area contributed by atoms with E-state index in [9.17, 15) is 20.0 Å². The summed E-state index contributed by atoms with van der Waals surface area (Å²) in [4.78, 5) is 30.9. The summed E-state index contributed by atoms with van der Waals surface area (Å²) in [6.07, 6.45) is 2.82. The van der Waals surface area contributed by atoms with Crippen molar-refractivity contribution >= 4 is 40.8 Å². The molecule has 0 saturated carbocycles. The minimum Gasteiger partial charge on any atom is -0.502 e. The Morgan fingerprint density at radius 2 is 1.88 bits per heavy atom. The van der Waals surface area contributed by atoms with E-state index >= 15 is 0 Å². The predicted molar refractivity (Wildman–Crippen MR) is 120 cm³/mol. The number of rotatable bonds is 5. The summed E-state index contributed by atoms with van der Waals surface area (Å²) >= 11 is 5.90. The molecular weight excluding hydrogens is 436 g/mol. The number of furan rings is 1. The number of nitro groups is 1. The fourth-order valence-corrected chi connectivity index (χ4v) is 3.68. The summed E-state index contributed by atoms with van der Waals surface area (Å²) < 4.78 is 5.19. The van der Waals surface area contributed by atoms with Crippen LogP contribution in [0.3, 0.4) is 0 Å². The molecular formula is C22H19ClN4O5. The molecule has 3 aromatic rings. The maximum atomic E-state index is 12.4. The number of nitro benzene ring substituents is 1. The molecule has 164 valence electrons. The number of nitrogens with zero attached hydrogens (tertiary/aromatic N) is 4. The first-order valence-electron chi connectivity index (χ1n) is 9.81. The summed E-state index contributed by atoms with van der Waals surface area (Å²) in [5.41, 5.74) is 1.29. The molecule has 0 aliphatic carbocycles. The van der Waals surface area contributed by atoms with E-state index in [2.05, 4.69) is 9.89 Å². The number of aliphatic imine (C=N–C) groups is 1. The average molecular weight is 455 g/mol. The van der Waals surface area contributed by atoms with Gasteiger partial charge >= 0.3 is 5.69 Å². The van der Waals surface area contributed by atoms with Gasteiger partial charge in [-0.1, -0.05) is 11.6 Å². The second-order valence-corrected chi connectivity index (χ2v) is 7.59. The molecule has 1 aromatic heterocycles. The van der Waals surface area contributed by atoms with Crippen LogP contribution in [-0.4, -0.2) is 53.2 Å². The number of hydrogen-bond donors (Lipinski definition) is 1. The van der Waals surface area contributed by atoms with E-state index in [1.54, 1.807) is 17.0 Å². The Hall–Kier alpha value is -3.85. The number of hydrogen-bond acceptors (Lipinski definition) is 7. The van der Waals surface area contributed by atoms with Gasteiger partial charge in [0.05, 0.1) is 16.9 Å². The Morgan fingerprint density at radius 1 is 1.16 bits per heavy atom. The zero-order chi connectivity index (χ0) is 22.7. The Kier molecular flexibility index (Phi) is 6.09. The van der Waals surface area contributed by atoms with Gasteiger partial charge in [-0.05, 0) is 42.5 Å². The molecule has 0 radical (unpaired) electrons. The number of phenols is 1. The third-order valence-corrected chi connectivity index (χ3v) is 5.37. The lowest BCUT2D eigenvalue weighted by atomic mass is 10.2. The van der Waals surface area contributed by atoms with Crippen molar-refractivity contribution in [3.63, 3.8) is 0 Å². The Morgan fingerprint density at radius 3 is 2.50 bits per heavy atom. The minimum absolute atomic E-state index is 0.108. The molecule has 9 nitrogen and oxygen atoms in total. The number of phenolic OH excluding ortho intramolecular Hbond substituents is 1. The first kappa shape index (κ1) is 21.4. The zero-order valence-corrected chi connectivity index (χ0v) is 17.6. The van der Waals surface area contributed by atoms with Gasteiger partial charge in [-0.15, -0.1) is 0 Å². The predicted octanol–water partition coefficient (Wildman–Crippen LogP) is 4.26. The van der Waals surface area contributed by atoms with E-state index < -0.39 is 16.4 Å². The van der Waals surface area contributed by atoms with Gasteiger partial charge in [-0.25, -0.2) is 0 Å². The van der Waals surface area contributed by atoms with E-state index in [1.165, 1.54) is 18.5 Å². The number of piperazine rings is 1. The van der Waals surface area contributed by atoms with Crippen LogP contribution in [0.4, 0.5) is 17.1 Å². The summed E-state index contributed by atoms with van der Waals surface area (Å²) in [6, 6.07) is 13.3. The van der Waals surface area contributed by atoms with Crippen molar-refractivity contribution in [3.8, 4) is 5.75 Å². The summed E-state index contributed by atoms with van der Waals surface area (Å²) in [5.74, 6) is -0.248. The van der Waals surface area contributed by atoms with Gasteiger partial charge in [0.25, 0.3) is 5.91 Å². The van der Waals surface area contributed by atoms with Gasteiger partial charge in [0.2, 0.25) is 5.75 Å². The summed E-state index contributed by atoms with van der Waals surface area (Å²) in [7, 11) is 0. The van der Waals surface area contributed by atoms with E-state index in [0.29, 0.717) is 37.6 Å². The highest BCUT2D eigenvalue weighted by atomic mass is 35.5. The molecule has 0 unspecified atom stereocenters. The molecule has 2 heterocycles. The van der Waals surface area contributed by atoms with Gasteiger partial charge in [-0.2, -0.15) is 0 Å². The smallest absolute Gasteiger partial charge is 0.312 e. The standard InChI is InChI=1S/C22H19ClN4O5/c23-16-12-15(21(28)19(13-16)27(30)31)14-24-17-3-5-18(6-4-17)25-7-9-26(10-8-25)22(29)20-2-1-11-32-20/h1-6,11-14,28H,7-10H2. The van der Waals surface area contributed by atoms with Crippen LogP contribution in [0.15, 0.2) is 64.2 Å². The fourth-order valence-electron chi connectivity index (χ4n) is 3.46. The van der Waals surface area contributed by atoms with Crippen LogP contribution in [0.25, 0.3) is 0 Å². The van der Waals surface area contributed by atoms with E-state index in [1.807, 2.05) is 24.3 Å². The maximum Gasteiger partial charge on any atom is 0.312 e. The molecule has 4 rings (SSSR count). The van der Waals surface area contributed by atoms with Crippen LogP contribution < -0.4 is 4.90 Å². The minimum atomic E-state index is -0.699. The lowest BCUT2D eigenvalue weighted by Crippen LogP contribution is -2.48. The molecule has 1 aliphatic rings. The number of benzene rings is 2. The molecule has 1 fully saturated rings. The second-order valence-electron chi connectivity index (χ2n) is 7.15. The number of carbonyl (C=O) groups excluding carboxylic acids is 1. The maximum absolute atomic E-state index is 12.4. The van der Waals surface area contributed by atoms with Gasteiger partial charge in [-0.3, -0.25) is 19.9 Å². The van der Waals surface area contributed by atoms with Crippen molar-refractivity contribution in [2.24, 2.45) is 4.99 Å². The Labute approximate surface area is 188 Å². The van der Waals surface area contributed by atoms with E-state index in [-0.39, 0.29) is 16.5 Å². The van der Waals surface area contributed by atoms with Crippen molar-refractivity contribution in [2.75, 3.05) is 31.1 Å². The normalized spacial score (nSPS) is 14.2. The lowest BCUT2D eigenvalue weighted by Gasteiger charge is -2.35. The molecule has 1 amide bonds. The molecule has 0 spiro atoms. The quantitative estimate of drug-likeness (QED) is 0.350. The molecule has 10 heteroatoms. The van der Waals surface area contributed by atoms with Crippen molar-refractivity contribution in [1.29, 1.82) is 0 Å². The first-order chi connectivity index (χ1) is 15.4. The monoisotopic (exact) mass is 454 g/mol. The highest BCUT2D eigenvalue weighted by Gasteiger charge is 2.23. The van der Waals surface area contributed by atoms with Crippen LogP contribution in [0.5, 0.6) is 5.75 Å². The lowest BCUT2D eigenvalue weighted by molar-refractivity contribution is -0.385. The van der Waals surface area contributed by atoms with Crippen LogP contribution in [0.1, 0.15) is 16.1 Å². The molecule has 1 aliphatic heterocycles. The Bertz CT molecular complexity index is 1150. The van der Waals surface area contributed by atoms with Gasteiger partial charge in [0.1, 0.15) is 0 Å². The van der Waals surface area contributed by atoms with Gasteiger partial charge < -0.3 is 19.3 Å². The van der Waals surface area contributed by atoms with Gasteiger partial charge in [0, 0.05) is 54.7 Å². The third kappa shape index (κ3) is 4.57. The molecule has 0 bridgehead atoms. The third-order valence-electron chi connectivity index (χ3n) is 5.15.